The molecular formula is C25H25FN2O2. The third-order valence-corrected chi connectivity index (χ3v) is 5.06. The minimum atomic E-state index is -0.326. The molecule has 0 aromatic heterocycles. The smallest absolute Gasteiger partial charge is 0.231 e. The molecule has 154 valence electrons. The number of carbonyl (C=O) groups excluding carboxylic acids is 2. The molecule has 4 nitrogen and oxygen atoms in total. The molecule has 0 aliphatic carbocycles. The number of hydrogen-bond acceptors (Lipinski definition) is 2. The predicted octanol–water partition coefficient (Wildman–Crippen LogP) is 4.55. The van der Waals surface area contributed by atoms with Gasteiger partial charge in [0.2, 0.25) is 11.8 Å². The first kappa shape index (κ1) is 21.2. The second-order valence-corrected chi connectivity index (χ2v) is 7.39. The van der Waals surface area contributed by atoms with Crippen molar-refractivity contribution < 1.29 is 14.0 Å². The molecule has 5 heteroatoms. The van der Waals surface area contributed by atoms with Crippen LogP contribution in [-0.4, -0.2) is 25.9 Å². The van der Waals surface area contributed by atoms with Gasteiger partial charge in [-0.15, -0.1) is 0 Å². The van der Waals surface area contributed by atoms with E-state index >= 15 is 0 Å². The van der Waals surface area contributed by atoms with Crippen LogP contribution in [0.4, 0.5) is 15.8 Å². The Morgan fingerprint density at radius 2 is 1.27 bits per heavy atom. The molecule has 0 aliphatic heterocycles. The van der Waals surface area contributed by atoms with Crippen molar-refractivity contribution in [2.24, 2.45) is 0 Å². The molecule has 30 heavy (non-hydrogen) atoms. The first-order valence-electron chi connectivity index (χ1n) is 9.76. The normalized spacial score (nSPS) is 10.5. The van der Waals surface area contributed by atoms with E-state index in [4.69, 9.17) is 0 Å². The van der Waals surface area contributed by atoms with Gasteiger partial charge >= 0.3 is 0 Å². The molecule has 0 unspecified atom stereocenters. The van der Waals surface area contributed by atoms with Crippen LogP contribution in [-0.2, 0) is 22.4 Å². The summed E-state index contributed by atoms with van der Waals surface area (Å²) in [4.78, 5) is 28.5. The SMILES string of the molecule is Cc1cccc(N(C)C(=O)Cc2cccc(N(C)C(=O)Cc3ccc(F)cc3)c2)c1. The Balaban J connectivity index is 1.68. The van der Waals surface area contributed by atoms with E-state index in [2.05, 4.69) is 0 Å². The summed E-state index contributed by atoms with van der Waals surface area (Å²) in [5.74, 6) is -0.465. The van der Waals surface area contributed by atoms with Crippen molar-refractivity contribution in [3.8, 4) is 0 Å². The second kappa shape index (κ2) is 9.35. The van der Waals surface area contributed by atoms with E-state index in [0.29, 0.717) is 5.69 Å². The molecule has 3 aromatic carbocycles. The quantitative estimate of drug-likeness (QED) is 0.605. The van der Waals surface area contributed by atoms with Gasteiger partial charge in [-0.2, -0.15) is 0 Å². The Kier molecular flexibility index (Phi) is 6.62. The van der Waals surface area contributed by atoms with Gasteiger partial charge in [0.1, 0.15) is 5.82 Å². The van der Waals surface area contributed by atoms with Gasteiger partial charge in [-0.1, -0.05) is 36.4 Å². The van der Waals surface area contributed by atoms with E-state index in [-0.39, 0.29) is 30.5 Å². The number of halogens is 1. The van der Waals surface area contributed by atoms with Crippen molar-refractivity contribution in [3.63, 3.8) is 0 Å². The lowest BCUT2D eigenvalue weighted by Gasteiger charge is -2.20. The number of benzene rings is 3. The molecule has 0 saturated heterocycles. The Bertz CT molecular complexity index is 1050. The zero-order valence-corrected chi connectivity index (χ0v) is 17.4. The molecule has 0 spiro atoms. The van der Waals surface area contributed by atoms with Crippen LogP contribution >= 0.6 is 0 Å². The lowest BCUT2D eigenvalue weighted by atomic mass is 10.1. The Hall–Kier alpha value is -3.47. The molecular weight excluding hydrogens is 379 g/mol. The maximum absolute atomic E-state index is 13.1. The van der Waals surface area contributed by atoms with E-state index in [1.807, 2.05) is 55.5 Å². The molecule has 0 saturated carbocycles. The van der Waals surface area contributed by atoms with E-state index in [0.717, 1.165) is 22.4 Å². The van der Waals surface area contributed by atoms with Crippen molar-refractivity contribution in [3.05, 3.63) is 95.3 Å². The monoisotopic (exact) mass is 404 g/mol. The van der Waals surface area contributed by atoms with Crippen LogP contribution in [0.3, 0.4) is 0 Å². The Morgan fingerprint density at radius 3 is 1.87 bits per heavy atom. The highest BCUT2D eigenvalue weighted by molar-refractivity contribution is 5.96. The van der Waals surface area contributed by atoms with Crippen LogP contribution in [0.5, 0.6) is 0 Å². The van der Waals surface area contributed by atoms with Crippen molar-refractivity contribution in [2.45, 2.75) is 19.8 Å². The van der Waals surface area contributed by atoms with Gasteiger partial charge in [-0.05, 0) is 60.0 Å². The van der Waals surface area contributed by atoms with E-state index in [1.165, 1.54) is 12.1 Å². The van der Waals surface area contributed by atoms with Crippen LogP contribution in [0.1, 0.15) is 16.7 Å². The number of amides is 2. The zero-order chi connectivity index (χ0) is 21.7. The third-order valence-electron chi connectivity index (χ3n) is 5.06. The van der Waals surface area contributed by atoms with Crippen LogP contribution in [0.25, 0.3) is 0 Å². The first-order valence-corrected chi connectivity index (χ1v) is 9.76. The summed E-state index contributed by atoms with van der Waals surface area (Å²) >= 11 is 0. The molecule has 0 radical (unpaired) electrons. The fourth-order valence-electron chi connectivity index (χ4n) is 3.19. The second-order valence-electron chi connectivity index (χ2n) is 7.39. The number of rotatable bonds is 6. The van der Waals surface area contributed by atoms with Gasteiger partial charge in [-0.25, -0.2) is 4.39 Å². The number of nitrogens with zero attached hydrogens (tertiary/aromatic N) is 2. The summed E-state index contributed by atoms with van der Waals surface area (Å²) < 4.78 is 13.1. The third kappa shape index (κ3) is 5.32. The van der Waals surface area contributed by atoms with Gasteiger partial charge in [0.05, 0.1) is 12.8 Å². The zero-order valence-electron chi connectivity index (χ0n) is 17.4. The van der Waals surface area contributed by atoms with E-state index < -0.39 is 0 Å². The average molecular weight is 404 g/mol. The summed E-state index contributed by atoms with van der Waals surface area (Å²) in [5, 5.41) is 0. The largest absolute Gasteiger partial charge is 0.315 e. The number of anilines is 2. The summed E-state index contributed by atoms with van der Waals surface area (Å²) in [7, 11) is 3.46. The highest BCUT2D eigenvalue weighted by Crippen LogP contribution is 2.19. The lowest BCUT2D eigenvalue weighted by molar-refractivity contribution is -0.118. The van der Waals surface area contributed by atoms with E-state index in [1.54, 1.807) is 36.0 Å². The molecule has 0 atom stereocenters. The number of carbonyl (C=O) groups is 2. The minimum Gasteiger partial charge on any atom is -0.315 e. The van der Waals surface area contributed by atoms with Crippen molar-refractivity contribution in [1.29, 1.82) is 0 Å². The molecule has 3 rings (SSSR count). The molecule has 0 N–H and O–H groups in total. The number of likely N-dealkylation sites (N-methyl/N-ethyl adjacent to an activating group) is 2. The molecule has 0 bridgehead atoms. The van der Waals surface area contributed by atoms with Gasteiger partial charge in [0.15, 0.2) is 0 Å². The topological polar surface area (TPSA) is 40.6 Å². The van der Waals surface area contributed by atoms with Gasteiger partial charge in [-0.3, -0.25) is 9.59 Å². The summed E-state index contributed by atoms with van der Waals surface area (Å²) in [5.41, 5.74) is 4.24. The van der Waals surface area contributed by atoms with Crippen molar-refractivity contribution >= 4 is 23.2 Å². The summed E-state index contributed by atoms with van der Waals surface area (Å²) in [6, 6.07) is 21.1. The van der Waals surface area contributed by atoms with Gasteiger partial charge in [0.25, 0.3) is 0 Å². The predicted molar refractivity (Wildman–Crippen MR) is 118 cm³/mol. The van der Waals surface area contributed by atoms with Crippen LogP contribution in [0.2, 0.25) is 0 Å². The standard InChI is InChI=1S/C25H25FN2O2/c1-18-6-4-8-22(14-18)27(2)25(30)17-20-7-5-9-23(15-20)28(3)24(29)16-19-10-12-21(26)13-11-19/h4-15H,16-17H2,1-3H3. The lowest BCUT2D eigenvalue weighted by Crippen LogP contribution is -2.29. The minimum absolute atomic E-state index is 0.0296. The Labute approximate surface area is 176 Å². The highest BCUT2D eigenvalue weighted by Gasteiger charge is 2.15. The maximum atomic E-state index is 13.1. The van der Waals surface area contributed by atoms with E-state index in [9.17, 15) is 14.0 Å². The Morgan fingerprint density at radius 1 is 0.733 bits per heavy atom. The molecule has 0 fully saturated rings. The van der Waals surface area contributed by atoms with Gasteiger partial charge < -0.3 is 9.80 Å². The fourth-order valence-corrected chi connectivity index (χ4v) is 3.19. The summed E-state index contributed by atoms with van der Waals surface area (Å²) in [6.45, 7) is 1.99. The fraction of sp³-hybridized carbons (Fsp3) is 0.200. The maximum Gasteiger partial charge on any atom is 0.231 e. The molecule has 0 heterocycles. The van der Waals surface area contributed by atoms with Crippen LogP contribution < -0.4 is 9.80 Å². The number of aryl methyl sites for hydroxylation is 1. The first-order chi connectivity index (χ1) is 14.3. The highest BCUT2D eigenvalue weighted by atomic mass is 19.1. The average Bonchev–Trinajstić information content (AvgIpc) is 2.74. The summed E-state index contributed by atoms with van der Waals surface area (Å²) in [6.07, 6.45) is 0.411. The van der Waals surface area contributed by atoms with Crippen molar-refractivity contribution in [2.75, 3.05) is 23.9 Å². The van der Waals surface area contributed by atoms with Crippen LogP contribution in [0.15, 0.2) is 72.8 Å². The van der Waals surface area contributed by atoms with Crippen molar-refractivity contribution in [1.82, 2.24) is 0 Å². The van der Waals surface area contributed by atoms with Gasteiger partial charge in [0, 0.05) is 25.5 Å². The van der Waals surface area contributed by atoms with Crippen LogP contribution in [0, 0.1) is 12.7 Å². The molecule has 3 aromatic rings. The number of hydrogen-bond donors (Lipinski definition) is 0. The molecule has 2 amide bonds. The molecule has 0 aliphatic rings.